The highest BCUT2D eigenvalue weighted by atomic mass is 19.3. The van der Waals surface area contributed by atoms with Crippen molar-refractivity contribution in [2.24, 2.45) is 23.7 Å². The average Bonchev–Trinajstić information content (AvgIpc) is 2.86. The Morgan fingerprint density at radius 2 is 1.11 bits per heavy atom. The molecule has 2 aliphatic carbocycles. The number of methoxy groups -OCH3 is 1. The van der Waals surface area contributed by atoms with Crippen LogP contribution in [0.15, 0.2) is 24.3 Å². The summed E-state index contributed by atoms with van der Waals surface area (Å²) < 4.78 is 74.2. The molecule has 7 heteroatoms. The Morgan fingerprint density at radius 1 is 0.667 bits per heavy atom. The number of unbranched alkanes of at least 4 members (excludes halogenated alkanes) is 2. The van der Waals surface area contributed by atoms with E-state index in [1.54, 1.807) is 7.11 Å². The number of rotatable bonds is 14. The summed E-state index contributed by atoms with van der Waals surface area (Å²) in [7, 11) is 1.70. The van der Waals surface area contributed by atoms with Crippen molar-refractivity contribution in [3.63, 3.8) is 0 Å². The van der Waals surface area contributed by atoms with Gasteiger partial charge in [-0.1, -0.05) is 39.0 Å². The Balaban J connectivity index is 1.43. The van der Waals surface area contributed by atoms with E-state index < -0.39 is 24.1 Å². The summed E-state index contributed by atoms with van der Waals surface area (Å²) in [6.45, 7) is 2.89. The molecule has 0 N–H and O–H groups in total. The summed E-state index contributed by atoms with van der Waals surface area (Å²) in [6.07, 6.45) is 4.88. The van der Waals surface area contributed by atoms with Crippen LogP contribution in [0.25, 0.3) is 0 Å². The quantitative estimate of drug-likeness (QED) is 0.182. The molecule has 0 amide bonds. The van der Waals surface area contributed by atoms with Gasteiger partial charge in [-0.3, -0.25) is 0 Å². The molecule has 0 aromatic heterocycles. The average molecular weight is 517 g/mol. The summed E-state index contributed by atoms with van der Waals surface area (Å²) in [6, 6.07) is 5.18. The zero-order chi connectivity index (χ0) is 26.0. The maximum Gasteiger partial charge on any atom is 0.400 e. The molecule has 3 nitrogen and oxygen atoms in total. The molecule has 36 heavy (non-hydrogen) atoms. The molecule has 1 aromatic rings. The zero-order valence-electron chi connectivity index (χ0n) is 22.0. The number of halogens is 4. The van der Waals surface area contributed by atoms with Gasteiger partial charge >= 0.3 is 12.2 Å². The summed E-state index contributed by atoms with van der Waals surface area (Å²) >= 11 is 0. The van der Waals surface area contributed by atoms with Gasteiger partial charge in [0.25, 0.3) is 0 Å². The van der Waals surface area contributed by atoms with Crippen LogP contribution in [0.5, 0.6) is 11.5 Å². The van der Waals surface area contributed by atoms with Crippen molar-refractivity contribution in [2.45, 2.75) is 109 Å². The molecule has 0 heterocycles. The molecule has 1 aromatic carbocycles. The fraction of sp³-hybridized carbons (Fsp3) is 0.793. The van der Waals surface area contributed by atoms with E-state index in [-0.39, 0.29) is 11.5 Å². The van der Waals surface area contributed by atoms with Crippen LogP contribution in [-0.4, -0.2) is 25.9 Å². The molecule has 0 bridgehead atoms. The lowest BCUT2D eigenvalue weighted by molar-refractivity contribution is -0.225. The maximum absolute atomic E-state index is 14.8. The van der Waals surface area contributed by atoms with E-state index in [1.165, 1.54) is 24.3 Å². The summed E-state index contributed by atoms with van der Waals surface area (Å²) in [5, 5.41) is 0. The second-order valence-electron chi connectivity index (χ2n) is 10.9. The van der Waals surface area contributed by atoms with Gasteiger partial charge in [0.1, 0.15) is 11.5 Å². The van der Waals surface area contributed by atoms with Gasteiger partial charge in [-0.15, -0.1) is 0 Å². The fourth-order valence-corrected chi connectivity index (χ4v) is 5.90. The highest BCUT2D eigenvalue weighted by molar-refractivity contribution is 5.31. The van der Waals surface area contributed by atoms with E-state index in [9.17, 15) is 17.6 Å². The van der Waals surface area contributed by atoms with Crippen molar-refractivity contribution in [3.05, 3.63) is 24.3 Å². The standard InChI is InChI=1S/C29H44F4O3/c1-3-7-22-9-13-24(14-10-22)28(30,31)35-26-17-19-27(20-18-26)36-29(32,33)25-15-11-23(12-16-25)8-5-4-6-21-34-2/h17-20,22-25H,3-16,21H2,1-2H3. The number of alkyl halides is 4. The third kappa shape index (κ3) is 8.81. The van der Waals surface area contributed by atoms with E-state index in [0.29, 0.717) is 37.5 Å². The van der Waals surface area contributed by atoms with Gasteiger partial charge in [0.15, 0.2) is 0 Å². The van der Waals surface area contributed by atoms with Gasteiger partial charge in [0.2, 0.25) is 0 Å². The lowest BCUT2D eigenvalue weighted by Gasteiger charge is -2.33. The second kappa shape index (κ2) is 13.9. The molecule has 0 unspecified atom stereocenters. The number of ether oxygens (including phenoxy) is 3. The Bertz CT molecular complexity index is 739. The predicted molar refractivity (Wildman–Crippen MR) is 134 cm³/mol. The Labute approximate surface area is 214 Å². The van der Waals surface area contributed by atoms with E-state index in [2.05, 4.69) is 6.92 Å². The Hall–Kier alpha value is -1.50. The molecule has 2 aliphatic rings. The monoisotopic (exact) mass is 516 g/mol. The van der Waals surface area contributed by atoms with Crippen LogP contribution in [0, 0.1) is 23.7 Å². The third-order valence-corrected chi connectivity index (χ3v) is 8.13. The number of hydrogen-bond acceptors (Lipinski definition) is 3. The number of benzene rings is 1. The molecule has 0 aliphatic heterocycles. The highest BCUT2D eigenvalue weighted by Gasteiger charge is 2.45. The molecule has 2 fully saturated rings. The molecule has 0 saturated heterocycles. The minimum atomic E-state index is -3.28. The van der Waals surface area contributed by atoms with E-state index >= 15 is 0 Å². The summed E-state index contributed by atoms with van der Waals surface area (Å²) in [5.74, 6) is -0.675. The topological polar surface area (TPSA) is 27.7 Å². The van der Waals surface area contributed by atoms with Crippen molar-refractivity contribution in [2.75, 3.05) is 13.7 Å². The van der Waals surface area contributed by atoms with Gasteiger partial charge in [0, 0.05) is 13.7 Å². The molecule has 0 atom stereocenters. The molecule has 0 spiro atoms. The zero-order valence-corrected chi connectivity index (χ0v) is 22.0. The van der Waals surface area contributed by atoms with Crippen molar-refractivity contribution in [1.82, 2.24) is 0 Å². The molecule has 3 rings (SSSR count). The van der Waals surface area contributed by atoms with Crippen LogP contribution in [0.4, 0.5) is 17.6 Å². The molecular formula is C29H44F4O3. The maximum atomic E-state index is 14.8. The first-order valence-corrected chi connectivity index (χ1v) is 14.0. The highest BCUT2D eigenvalue weighted by Crippen LogP contribution is 2.43. The largest absolute Gasteiger partial charge is 0.432 e. The van der Waals surface area contributed by atoms with Crippen molar-refractivity contribution in [3.8, 4) is 11.5 Å². The third-order valence-electron chi connectivity index (χ3n) is 8.13. The van der Waals surface area contributed by atoms with Crippen LogP contribution >= 0.6 is 0 Å². The van der Waals surface area contributed by atoms with Gasteiger partial charge < -0.3 is 14.2 Å². The summed E-state index contributed by atoms with van der Waals surface area (Å²) in [4.78, 5) is 0. The van der Waals surface area contributed by atoms with Crippen molar-refractivity contribution in [1.29, 1.82) is 0 Å². The van der Waals surface area contributed by atoms with Crippen molar-refractivity contribution < 1.29 is 31.8 Å². The molecular weight excluding hydrogens is 472 g/mol. The van der Waals surface area contributed by atoms with E-state index in [0.717, 1.165) is 70.8 Å². The normalized spacial score (nSPS) is 25.5. The second-order valence-corrected chi connectivity index (χ2v) is 10.9. The van der Waals surface area contributed by atoms with Gasteiger partial charge in [-0.25, -0.2) is 0 Å². The molecule has 2 saturated carbocycles. The van der Waals surface area contributed by atoms with Crippen LogP contribution in [0.1, 0.15) is 96.8 Å². The smallest absolute Gasteiger partial charge is 0.400 e. The number of hydrogen-bond donors (Lipinski definition) is 0. The van der Waals surface area contributed by atoms with Crippen LogP contribution in [0.2, 0.25) is 0 Å². The van der Waals surface area contributed by atoms with Crippen LogP contribution in [0.3, 0.4) is 0 Å². The molecule has 206 valence electrons. The van der Waals surface area contributed by atoms with Gasteiger partial charge in [-0.2, -0.15) is 17.6 Å². The van der Waals surface area contributed by atoms with Crippen molar-refractivity contribution >= 4 is 0 Å². The first-order valence-electron chi connectivity index (χ1n) is 14.0. The SMILES string of the molecule is CCCC1CCC(C(F)(F)Oc2ccc(OC(F)(F)C3CCC(CCCCCOC)CC3)cc2)CC1. The first-order chi connectivity index (χ1) is 17.2. The van der Waals surface area contributed by atoms with Crippen LogP contribution < -0.4 is 9.47 Å². The minimum Gasteiger partial charge on any atom is -0.432 e. The lowest BCUT2D eigenvalue weighted by atomic mass is 9.79. The molecule has 0 radical (unpaired) electrons. The summed E-state index contributed by atoms with van der Waals surface area (Å²) in [5.41, 5.74) is 0. The first kappa shape index (κ1) is 29.1. The Morgan fingerprint density at radius 3 is 1.53 bits per heavy atom. The van der Waals surface area contributed by atoms with Crippen LogP contribution in [-0.2, 0) is 4.74 Å². The van der Waals surface area contributed by atoms with E-state index in [4.69, 9.17) is 14.2 Å². The minimum absolute atomic E-state index is 0.0302. The lowest BCUT2D eigenvalue weighted by Crippen LogP contribution is -2.37. The Kier molecular flexibility index (Phi) is 11.2. The van der Waals surface area contributed by atoms with Gasteiger partial charge in [-0.05, 0) is 93.9 Å². The fourth-order valence-electron chi connectivity index (χ4n) is 5.90. The predicted octanol–water partition coefficient (Wildman–Crippen LogP) is 9.25. The van der Waals surface area contributed by atoms with E-state index in [1.807, 2.05) is 0 Å². The van der Waals surface area contributed by atoms with Gasteiger partial charge in [0.05, 0.1) is 11.8 Å².